The van der Waals surface area contributed by atoms with Gasteiger partial charge in [-0.1, -0.05) is 57.9 Å². The van der Waals surface area contributed by atoms with E-state index in [0.717, 1.165) is 15.6 Å². The van der Waals surface area contributed by atoms with Crippen LogP contribution in [0.15, 0.2) is 53.0 Å². The Morgan fingerprint density at radius 1 is 1.00 bits per heavy atom. The molecule has 0 saturated carbocycles. The fraction of sp³-hybridized carbons (Fsp3) is 0.222. The van der Waals surface area contributed by atoms with Crippen LogP contribution in [0.5, 0.6) is 0 Å². The van der Waals surface area contributed by atoms with Gasteiger partial charge in [-0.15, -0.1) is 0 Å². The predicted molar refractivity (Wildman–Crippen MR) is 89.6 cm³/mol. The van der Waals surface area contributed by atoms with Crippen LogP contribution in [0.2, 0.25) is 0 Å². The summed E-state index contributed by atoms with van der Waals surface area (Å²) in [7, 11) is 0. The molecule has 0 bridgehead atoms. The third kappa shape index (κ3) is 4.18. The summed E-state index contributed by atoms with van der Waals surface area (Å²) < 4.78 is 0.971. The van der Waals surface area contributed by atoms with Crippen LogP contribution < -0.4 is 5.32 Å². The number of halogens is 1. The van der Waals surface area contributed by atoms with Gasteiger partial charge in [0.05, 0.1) is 18.2 Å². The fourth-order valence-corrected chi connectivity index (χ4v) is 2.47. The van der Waals surface area contributed by atoms with Gasteiger partial charge >= 0.3 is 0 Å². The van der Waals surface area contributed by atoms with E-state index in [4.69, 9.17) is 0 Å². The molecule has 1 unspecified atom stereocenters. The second kappa shape index (κ2) is 7.75. The molecule has 0 radical (unpaired) electrons. The summed E-state index contributed by atoms with van der Waals surface area (Å²) in [6.45, 7) is 2.66. The van der Waals surface area contributed by atoms with Crippen molar-refractivity contribution in [1.29, 1.82) is 10.5 Å². The molecular weight excluding hydrogens is 338 g/mol. The summed E-state index contributed by atoms with van der Waals surface area (Å²) >= 11 is 3.40. The van der Waals surface area contributed by atoms with E-state index in [1.807, 2.05) is 31.2 Å². The summed E-state index contributed by atoms with van der Waals surface area (Å²) in [6, 6.07) is 19.7. The standard InChI is InChI=1S/C18H16BrN3/c1-13-2-4-14(5-3-13)12-22-18(16(10-20)11-21)15-6-8-17(19)9-7-15/h2-9,16,18,22H,12H2,1H3. The van der Waals surface area contributed by atoms with E-state index in [0.29, 0.717) is 6.54 Å². The van der Waals surface area contributed by atoms with E-state index in [9.17, 15) is 10.5 Å². The van der Waals surface area contributed by atoms with Gasteiger partial charge in [0, 0.05) is 11.0 Å². The number of rotatable bonds is 5. The molecule has 4 heteroatoms. The van der Waals surface area contributed by atoms with Gasteiger partial charge in [0.15, 0.2) is 5.92 Å². The minimum absolute atomic E-state index is 0.315. The maximum atomic E-state index is 9.22. The van der Waals surface area contributed by atoms with Crippen molar-refractivity contribution in [3.63, 3.8) is 0 Å². The van der Waals surface area contributed by atoms with Crippen molar-refractivity contribution in [1.82, 2.24) is 5.32 Å². The molecule has 1 atom stereocenters. The quantitative estimate of drug-likeness (QED) is 0.873. The van der Waals surface area contributed by atoms with Crippen LogP contribution in [0.4, 0.5) is 0 Å². The van der Waals surface area contributed by atoms with Crippen LogP contribution >= 0.6 is 15.9 Å². The monoisotopic (exact) mass is 353 g/mol. The molecule has 0 aliphatic carbocycles. The van der Waals surface area contributed by atoms with Crippen molar-refractivity contribution in [2.24, 2.45) is 5.92 Å². The van der Waals surface area contributed by atoms with Crippen molar-refractivity contribution >= 4 is 15.9 Å². The molecule has 2 aromatic carbocycles. The fourth-order valence-electron chi connectivity index (χ4n) is 2.21. The lowest BCUT2D eigenvalue weighted by molar-refractivity contribution is 0.485. The summed E-state index contributed by atoms with van der Waals surface area (Å²) in [6.07, 6.45) is 0. The SMILES string of the molecule is Cc1ccc(CNC(c2ccc(Br)cc2)C(C#N)C#N)cc1. The molecule has 0 fully saturated rings. The lowest BCUT2D eigenvalue weighted by atomic mass is 9.95. The maximum absolute atomic E-state index is 9.22. The number of nitrogens with zero attached hydrogens (tertiary/aromatic N) is 2. The topological polar surface area (TPSA) is 59.6 Å². The first-order valence-electron chi connectivity index (χ1n) is 6.97. The van der Waals surface area contributed by atoms with Crippen LogP contribution in [0.25, 0.3) is 0 Å². The zero-order valence-corrected chi connectivity index (χ0v) is 13.8. The maximum Gasteiger partial charge on any atom is 0.152 e. The van der Waals surface area contributed by atoms with Crippen molar-refractivity contribution in [3.8, 4) is 12.1 Å². The average molecular weight is 354 g/mol. The lowest BCUT2D eigenvalue weighted by Gasteiger charge is -2.20. The van der Waals surface area contributed by atoms with Crippen molar-refractivity contribution in [3.05, 3.63) is 69.7 Å². The van der Waals surface area contributed by atoms with Gasteiger partial charge < -0.3 is 5.32 Å². The number of hydrogen-bond donors (Lipinski definition) is 1. The molecule has 2 aromatic rings. The van der Waals surface area contributed by atoms with Crippen molar-refractivity contribution in [2.75, 3.05) is 0 Å². The lowest BCUT2D eigenvalue weighted by Crippen LogP contribution is -2.26. The summed E-state index contributed by atoms with van der Waals surface area (Å²) in [5.41, 5.74) is 3.27. The molecule has 0 aliphatic rings. The van der Waals surface area contributed by atoms with E-state index < -0.39 is 5.92 Å². The Kier molecular flexibility index (Phi) is 5.72. The Bertz CT molecular complexity index is 679. The molecule has 1 N–H and O–H groups in total. The number of aryl methyl sites for hydroxylation is 1. The second-order valence-corrected chi connectivity index (χ2v) is 6.05. The first-order valence-corrected chi connectivity index (χ1v) is 7.77. The molecule has 0 amide bonds. The van der Waals surface area contributed by atoms with Crippen LogP contribution in [-0.2, 0) is 6.54 Å². The van der Waals surface area contributed by atoms with E-state index in [2.05, 4.69) is 57.7 Å². The third-order valence-corrected chi connectivity index (χ3v) is 4.02. The van der Waals surface area contributed by atoms with Gasteiger partial charge in [-0.25, -0.2) is 0 Å². The Morgan fingerprint density at radius 3 is 2.14 bits per heavy atom. The second-order valence-electron chi connectivity index (χ2n) is 5.13. The molecule has 110 valence electrons. The normalized spacial score (nSPS) is 11.7. The summed E-state index contributed by atoms with van der Waals surface area (Å²) in [4.78, 5) is 0. The molecule has 2 rings (SSSR count). The number of nitriles is 2. The highest BCUT2D eigenvalue weighted by Crippen LogP contribution is 2.24. The highest BCUT2D eigenvalue weighted by molar-refractivity contribution is 9.10. The van der Waals surface area contributed by atoms with E-state index >= 15 is 0 Å². The van der Waals surface area contributed by atoms with Gasteiger partial charge in [0.2, 0.25) is 0 Å². The first-order chi connectivity index (χ1) is 10.6. The Balaban J connectivity index is 2.18. The summed E-state index contributed by atoms with van der Waals surface area (Å²) in [5, 5.41) is 21.8. The number of benzene rings is 2. The zero-order chi connectivity index (χ0) is 15.9. The van der Waals surface area contributed by atoms with Gasteiger partial charge in [0.25, 0.3) is 0 Å². The summed E-state index contributed by atoms with van der Waals surface area (Å²) in [5.74, 6) is -0.730. The molecule has 0 aliphatic heterocycles. The molecule has 22 heavy (non-hydrogen) atoms. The molecule has 0 heterocycles. The van der Waals surface area contributed by atoms with Crippen LogP contribution in [0.1, 0.15) is 22.7 Å². The van der Waals surface area contributed by atoms with Gasteiger partial charge in [0.1, 0.15) is 0 Å². The first kappa shape index (κ1) is 16.2. The third-order valence-electron chi connectivity index (χ3n) is 3.49. The predicted octanol–water partition coefficient (Wildman–Crippen LogP) is 4.25. The molecular formula is C18H16BrN3. The minimum Gasteiger partial charge on any atom is -0.304 e. The highest BCUT2D eigenvalue weighted by atomic mass is 79.9. The smallest absolute Gasteiger partial charge is 0.152 e. The number of nitrogens with one attached hydrogen (secondary N) is 1. The van der Waals surface area contributed by atoms with E-state index in [-0.39, 0.29) is 6.04 Å². The zero-order valence-electron chi connectivity index (χ0n) is 12.3. The number of hydrogen-bond acceptors (Lipinski definition) is 3. The molecule has 0 spiro atoms. The molecule has 0 aromatic heterocycles. The van der Waals surface area contributed by atoms with Gasteiger partial charge in [-0.05, 0) is 30.2 Å². The van der Waals surface area contributed by atoms with E-state index in [1.165, 1.54) is 5.56 Å². The van der Waals surface area contributed by atoms with Gasteiger partial charge in [-0.2, -0.15) is 10.5 Å². The molecule has 3 nitrogen and oxygen atoms in total. The molecule has 0 saturated heterocycles. The Labute approximate surface area is 139 Å². The van der Waals surface area contributed by atoms with Crippen LogP contribution in [0, 0.1) is 35.5 Å². The van der Waals surface area contributed by atoms with Crippen LogP contribution in [0.3, 0.4) is 0 Å². The minimum atomic E-state index is -0.730. The van der Waals surface area contributed by atoms with E-state index in [1.54, 1.807) is 0 Å². The van der Waals surface area contributed by atoms with Crippen molar-refractivity contribution in [2.45, 2.75) is 19.5 Å². The van der Waals surface area contributed by atoms with Gasteiger partial charge in [-0.3, -0.25) is 0 Å². The largest absolute Gasteiger partial charge is 0.304 e. The van der Waals surface area contributed by atoms with Crippen LogP contribution in [-0.4, -0.2) is 0 Å². The highest BCUT2D eigenvalue weighted by Gasteiger charge is 2.22. The Morgan fingerprint density at radius 2 is 1.59 bits per heavy atom. The Hall–Kier alpha value is -2.14. The van der Waals surface area contributed by atoms with Crippen molar-refractivity contribution < 1.29 is 0 Å². The average Bonchev–Trinajstić information content (AvgIpc) is 2.54.